The van der Waals surface area contributed by atoms with E-state index in [1.807, 2.05) is 18.2 Å². The van der Waals surface area contributed by atoms with Crippen molar-refractivity contribution >= 4 is 5.91 Å². The van der Waals surface area contributed by atoms with Crippen LogP contribution < -0.4 is 5.32 Å². The molecule has 0 atom stereocenters. The van der Waals surface area contributed by atoms with E-state index in [4.69, 9.17) is 0 Å². The highest BCUT2D eigenvalue weighted by atomic mass is 16.1. The summed E-state index contributed by atoms with van der Waals surface area (Å²) >= 11 is 0. The van der Waals surface area contributed by atoms with Crippen molar-refractivity contribution in [1.29, 1.82) is 0 Å². The van der Waals surface area contributed by atoms with E-state index in [1.54, 1.807) is 6.20 Å². The van der Waals surface area contributed by atoms with Gasteiger partial charge in [0.25, 0.3) is 5.91 Å². The zero-order valence-corrected chi connectivity index (χ0v) is 16.7. The molecule has 28 heavy (non-hydrogen) atoms. The topological polar surface area (TPSA) is 46.9 Å². The first-order chi connectivity index (χ1) is 13.6. The molecule has 0 saturated carbocycles. The van der Waals surface area contributed by atoms with Gasteiger partial charge in [0.2, 0.25) is 0 Å². The molecule has 4 heteroatoms. The van der Waals surface area contributed by atoms with Crippen LogP contribution in [0.5, 0.6) is 0 Å². The first-order valence-corrected chi connectivity index (χ1v) is 10.1. The maximum absolute atomic E-state index is 13.2. The number of nitrogens with one attached hydrogen (secondary N) is 1. The van der Waals surface area contributed by atoms with Crippen molar-refractivity contribution < 1.29 is 4.79 Å². The lowest BCUT2D eigenvalue weighted by atomic mass is 9.95. The zero-order valence-electron chi connectivity index (χ0n) is 16.7. The van der Waals surface area contributed by atoms with E-state index in [1.165, 1.54) is 35.2 Å². The lowest BCUT2D eigenvalue weighted by Gasteiger charge is -2.17. The standard InChI is InChI=1S/C24H27N3O/c1-17-8-7-9-19(14-17)16-27-22-12-4-3-11-21(22)18(2)23(27)24(28)26-15-20-10-5-6-13-25-20/h5-10,13-14H,3-4,11-12,15-16H2,1-2H3,(H,26,28). The second kappa shape index (κ2) is 8.01. The number of carbonyl (C=O) groups is 1. The number of hydrogen-bond acceptors (Lipinski definition) is 2. The molecule has 1 aliphatic rings. The molecule has 2 aromatic heterocycles. The quantitative estimate of drug-likeness (QED) is 0.722. The van der Waals surface area contributed by atoms with Crippen molar-refractivity contribution in [3.63, 3.8) is 0 Å². The van der Waals surface area contributed by atoms with Gasteiger partial charge in [-0.1, -0.05) is 35.9 Å². The fourth-order valence-corrected chi connectivity index (χ4v) is 4.29. The van der Waals surface area contributed by atoms with Crippen LogP contribution in [-0.4, -0.2) is 15.5 Å². The maximum Gasteiger partial charge on any atom is 0.268 e. The molecule has 0 fully saturated rings. The summed E-state index contributed by atoms with van der Waals surface area (Å²) in [5.74, 6) is -0.00907. The molecule has 0 bridgehead atoms. The van der Waals surface area contributed by atoms with Gasteiger partial charge in [0.1, 0.15) is 5.69 Å². The van der Waals surface area contributed by atoms with Crippen molar-refractivity contribution in [3.8, 4) is 0 Å². The van der Waals surface area contributed by atoms with Gasteiger partial charge in [-0.25, -0.2) is 0 Å². The van der Waals surface area contributed by atoms with E-state index in [9.17, 15) is 4.79 Å². The van der Waals surface area contributed by atoms with Crippen LogP contribution in [0.3, 0.4) is 0 Å². The van der Waals surface area contributed by atoms with E-state index in [2.05, 4.69) is 53.0 Å². The van der Waals surface area contributed by atoms with E-state index >= 15 is 0 Å². The Kier molecular flexibility index (Phi) is 5.29. The molecule has 0 spiro atoms. The van der Waals surface area contributed by atoms with Gasteiger partial charge < -0.3 is 9.88 Å². The summed E-state index contributed by atoms with van der Waals surface area (Å²) < 4.78 is 2.26. The van der Waals surface area contributed by atoms with Crippen molar-refractivity contribution in [2.24, 2.45) is 0 Å². The van der Waals surface area contributed by atoms with Crippen LogP contribution in [-0.2, 0) is 25.9 Å². The Balaban J connectivity index is 1.67. The zero-order chi connectivity index (χ0) is 19.5. The van der Waals surface area contributed by atoms with Gasteiger partial charge in [0.05, 0.1) is 12.2 Å². The third kappa shape index (κ3) is 3.72. The highest BCUT2D eigenvalue weighted by Gasteiger charge is 2.26. The Morgan fingerprint density at radius 1 is 1.11 bits per heavy atom. The van der Waals surface area contributed by atoms with E-state index in [-0.39, 0.29) is 5.91 Å². The SMILES string of the molecule is Cc1cccc(Cn2c3c(c(C)c2C(=O)NCc2ccccn2)CCCC3)c1. The molecule has 3 aromatic rings. The third-order valence-electron chi connectivity index (χ3n) is 5.64. The average molecular weight is 374 g/mol. The number of benzene rings is 1. The molecule has 0 radical (unpaired) electrons. The van der Waals surface area contributed by atoms with E-state index in [0.717, 1.165) is 36.3 Å². The van der Waals surface area contributed by atoms with E-state index in [0.29, 0.717) is 6.54 Å². The van der Waals surface area contributed by atoms with Crippen LogP contribution >= 0.6 is 0 Å². The van der Waals surface area contributed by atoms with Crippen LogP contribution in [0, 0.1) is 13.8 Å². The highest BCUT2D eigenvalue weighted by molar-refractivity contribution is 5.95. The number of carbonyl (C=O) groups excluding carboxylic acids is 1. The summed E-state index contributed by atoms with van der Waals surface area (Å²) in [5.41, 5.74) is 8.02. The molecule has 0 unspecified atom stereocenters. The van der Waals surface area contributed by atoms with Gasteiger partial charge in [0, 0.05) is 18.4 Å². The number of aromatic nitrogens is 2. The number of amides is 1. The van der Waals surface area contributed by atoms with Crippen LogP contribution in [0.1, 0.15) is 57.0 Å². The van der Waals surface area contributed by atoms with Crippen LogP contribution in [0.4, 0.5) is 0 Å². The minimum Gasteiger partial charge on any atom is -0.345 e. The van der Waals surface area contributed by atoms with Crippen molar-refractivity contribution in [2.45, 2.75) is 52.6 Å². The van der Waals surface area contributed by atoms with Gasteiger partial charge in [-0.05, 0) is 68.4 Å². The molecular weight excluding hydrogens is 346 g/mol. The second-order valence-corrected chi connectivity index (χ2v) is 7.68. The fraction of sp³-hybridized carbons (Fsp3) is 0.333. The fourth-order valence-electron chi connectivity index (χ4n) is 4.29. The van der Waals surface area contributed by atoms with Crippen molar-refractivity contribution in [3.05, 3.63) is 88.0 Å². The molecule has 0 aliphatic heterocycles. The Morgan fingerprint density at radius 2 is 1.96 bits per heavy atom. The summed E-state index contributed by atoms with van der Waals surface area (Å²) in [6, 6.07) is 14.3. The molecule has 1 N–H and O–H groups in total. The van der Waals surface area contributed by atoms with Crippen LogP contribution in [0.15, 0.2) is 48.7 Å². The molecule has 4 rings (SSSR count). The number of nitrogens with zero attached hydrogens (tertiary/aromatic N) is 2. The van der Waals surface area contributed by atoms with Crippen molar-refractivity contribution in [2.75, 3.05) is 0 Å². The second-order valence-electron chi connectivity index (χ2n) is 7.68. The Hall–Kier alpha value is -2.88. The lowest BCUT2D eigenvalue weighted by Crippen LogP contribution is -2.27. The lowest BCUT2D eigenvalue weighted by molar-refractivity contribution is 0.0940. The number of hydrogen-bond donors (Lipinski definition) is 1. The molecule has 1 aromatic carbocycles. The molecule has 144 valence electrons. The Bertz CT molecular complexity index is 989. The normalized spacial score (nSPS) is 13.2. The summed E-state index contributed by atoms with van der Waals surface area (Å²) in [6.45, 7) is 5.40. The highest BCUT2D eigenvalue weighted by Crippen LogP contribution is 2.30. The summed E-state index contributed by atoms with van der Waals surface area (Å²) in [4.78, 5) is 17.5. The molecule has 2 heterocycles. The summed E-state index contributed by atoms with van der Waals surface area (Å²) in [5, 5.41) is 3.08. The molecular formula is C24H27N3O. The number of pyridine rings is 1. The van der Waals surface area contributed by atoms with Crippen LogP contribution in [0.25, 0.3) is 0 Å². The minimum absolute atomic E-state index is 0.00907. The number of fused-ring (bicyclic) bond motifs is 1. The van der Waals surface area contributed by atoms with Gasteiger partial charge in [-0.3, -0.25) is 9.78 Å². The molecule has 4 nitrogen and oxygen atoms in total. The first kappa shape index (κ1) is 18.5. The molecule has 0 saturated heterocycles. The first-order valence-electron chi connectivity index (χ1n) is 10.1. The van der Waals surface area contributed by atoms with Gasteiger partial charge >= 0.3 is 0 Å². The minimum atomic E-state index is -0.00907. The van der Waals surface area contributed by atoms with Gasteiger partial charge in [-0.2, -0.15) is 0 Å². The molecule has 1 aliphatic carbocycles. The summed E-state index contributed by atoms with van der Waals surface area (Å²) in [7, 11) is 0. The Labute approximate surface area is 166 Å². The Morgan fingerprint density at radius 3 is 2.75 bits per heavy atom. The van der Waals surface area contributed by atoms with Gasteiger partial charge in [0.15, 0.2) is 0 Å². The number of rotatable bonds is 5. The van der Waals surface area contributed by atoms with Crippen LogP contribution in [0.2, 0.25) is 0 Å². The monoisotopic (exact) mass is 373 g/mol. The summed E-state index contributed by atoms with van der Waals surface area (Å²) in [6.07, 6.45) is 6.28. The largest absolute Gasteiger partial charge is 0.345 e. The maximum atomic E-state index is 13.2. The van der Waals surface area contributed by atoms with Crippen molar-refractivity contribution in [1.82, 2.24) is 14.9 Å². The third-order valence-corrected chi connectivity index (χ3v) is 5.64. The van der Waals surface area contributed by atoms with E-state index < -0.39 is 0 Å². The molecule has 1 amide bonds. The predicted molar refractivity (Wildman–Crippen MR) is 111 cm³/mol. The predicted octanol–water partition coefficient (Wildman–Crippen LogP) is 4.36. The average Bonchev–Trinajstić information content (AvgIpc) is 2.99. The van der Waals surface area contributed by atoms with Gasteiger partial charge in [-0.15, -0.1) is 0 Å². The smallest absolute Gasteiger partial charge is 0.268 e. The number of aryl methyl sites for hydroxylation is 1.